The van der Waals surface area contributed by atoms with Gasteiger partial charge in [0.25, 0.3) is 5.91 Å². The summed E-state index contributed by atoms with van der Waals surface area (Å²) < 4.78 is 18.5. The van der Waals surface area contributed by atoms with Crippen molar-refractivity contribution in [3.05, 3.63) is 70.0 Å². The molecule has 0 heterocycles. The molecule has 2 aromatic carbocycles. The molecule has 1 atom stereocenters. The number of rotatable bonds is 6. The third-order valence-electron chi connectivity index (χ3n) is 3.35. The Balaban J connectivity index is 2.02. The smallest absolute Gasteiger partial charge is 0.251 e. The van der Waals surface area contributed by atoms with Crippen molar-refractivity contribution in [2.75, 3.05) is 13.7 Å². The first-order chi connectivity index (χ1) is 11.0. The first kappa shape index (κ1) is 17.4. The van der Waals surface area contributed by atoms with Crippen LogP contribution in [0.15, 0.2) is 42.5 Å². The van der Waals surface area contributed by atoms with Crippen molar-refractivity contribution in [3.8, 4) is 0 Å². The van der Waals surface area contributed by atoms with Crippen LogP contribution in [0.3, 0.4) is 0 Å². The molecule has 0 aliphatic rings. The Bertz CT molecular complexity index is 693. The SMILES string of the molecule is COCc1ccccc1C(=O)NC[C@@H](O)c1ccc(Cl)c(F)c1. The number of nitrogens with one attached hydrogen (secondary N) is 1. The van der Waals surface area contributed by atoms with E-state index in [1.54, 1.807) is 25.3 Å². The van der Waals surface area contributed by atoms with E-state index in [0.29, 0.717) is 17.7 Å². The lowest BCUT2D eigenvalue weighted by Gasteiger charge is -2.14. The molecule has 2 N–H and O–H groups in total. The zero-order valence-corrected chi connectivity index (χ0v) is 13.3. The fourth-order valence-electron chi connectivity index (χ4n) is 2.15. The molecule has 1 amide bonds. The minimum Gasteiger partial charge on any atom is -0.387 e. The third-order valence-corrected chi connectivity index (χ3v) is 3.65. The average Bonchev–Trinajstić information content (AvgIpc) is 2.55. The van der Waals surface area contributed by atoms with Crippen molar-refractivity contribution >= 4 is 17.5 Å². The van der Waals surface area contributed by atoms with E-state index in [1.165, 1.54) is 12.1 Å². The summed E-state index contributed by atoms with van der Waals surface area (Å²) in [6, 6.07) is 11.1. The van der Waals surface area contributed by atoms with Crippen LogP contribution in [0.2, 0.25) is 5.02 Å². The molecule has 0 bridgehead atoms. The standard InChI is InChI=1S/C17H17ClFNO3/c1-23-10-12-4-2-3-5-13(12)17(22)20-9-16(21)11-6-7-14(18)15(19)8-11/h2-8,16,21H,9-10H2,1H3,(H,20,22)/t16-/m1/s1. The van der Waals surface area contributed by atoms with E-state index in [0.717, 1.165) is 11.6 Å². The van der Waals surface area contributed by atoms with Crippen molar-refractivity contribution in [2.45, 2.75) is 12.7 Å². The monoisotopic (exact) mass is 337 g/mol. The number of benzene rings is 2. The van der Waals surface area contributed by atoms with Crippen LogP contribution in [-0.2, 0) is 11.3 Å². The highest BCUT2D eigenvalue weighted by Gasteiger charge is 2.14. The predicted octanol–water partition coefficient (Wildman–Crippen LogP) is 3.09. The molecule has 0 aliphatic carbocycles. The lowest BCUT2D eigenvalue weighted by atomic mass is 10.1. The second-order valence-electron chi connectivity index (χ2n) is 4.99. The van der Waals surface area contributed by atoms with E-state index < -0.39 is 11.9 Å². The topological polar surface area (TPSA) is 58.6 Å². The summed E-state index contributed by atoms with van der Waals surface area (Å²) in [4.78, 5) is 12.2. The third kappa shape index (κ3) is 4.51. The van der Waals surface area contributed by atoms with E-state index in [9.17, 15) is 14.3 Å². The number of carbonyl (C=O) groups excluding carboxylic acids is 1. The lowest BCUT2D eigenvalue weighted by Crippen LogP contribution is -2.29. The fraction of sp³-hybridized carbons (Fsp3) is 0.235. The van der Waals surface area contributed by atoms with Gasteiger partial charge in [0.05, 0.1) is 17.7 Å². The highest BCUT2D eigenvalue weighted by Crippen LogP contribution is 2.20. The number of amides is 1. The van der Waals surface area contributed by atoms with E-state index in [1.807, 2.05) is 6.07 Å². The number of aliphatic hydroxyl groups is 1. The van der Waals surface area contributed by atoms with E-state index >= 15 is 0 Å². The Morgan fingerprint density at radius 3 is 2.78 bits per heavy atom. The molecular formula is C17H17ClFNO3. The summed E-state index contributed by atoms with van der Waals surface area (Å²) in [7, 11) is 1.55. The lowest BCUT2D eigenvalue weighted by molar-refractivity contribution is 0.0911. The molecule has 0 aliphatic heterocycles. The number of hydrogen-bond acceptors (Lipinski definition) is 3. The summed E-state index contributed by atoms with van der Waals surface area (Å²) >= 11 is 5.60. The van der Waals surface area contributed by atoms with Gasteiger partial charge in [-0.05, 0) is 29.3 Å². The van der Waals surface area contributed by atoms with Crippen LogP contribution in [0.5, 0.6) is 0 Å². The van der Waals surface area contributed by atoms with Gasteiger partial charge in [0.2, 0.25) is 0 Å². The Hall–Kier alpha value is -1.95. The number of methoxy groups -OCH3 is 1. The molecule has 0 saturated carbocycles. The van der Waals surface area contributed by atoms with Gasteiger partial charge in [-0.25, -0.2) is 4.39 Å². The molecule has 0 fully saturated rings. The molecule has 4 nitrogen and oxygen atoms in total. The molecule has 0 unspecified atom stereocenters. The van der Waals surface area contributed by atoms with Crippen molar-refractivity contribution in [1.29, 1.82) is 0 Å². The molecule has 2 aromatic rings. The molecule has 0 saturated heterocycles. The number of carbonyl (C=O) groups is 1. The van der Waals surface area contributed by atoms with Gasteiger partial charge in [0.15, 0.2) is 0 Å². The first-order valence-corrected chi connectivity index (χ1v) is 7.38. The minimum absolute atomic E-state index is 0.0153. The number of ether oxygens (including phenoxy) is 1. The van der Waals surface area contributed by atoms with Crippen LogP contribution in [0.1, 0.15) is 27.6 Å². The average molecular weight is 338 g/mol. The zero-order valence-electron chi connectivity index (χ0n) is 12.6. The highest BCUT2D eigenvalue weighted by atomic mass is 35.5. The summed E-state index contributed by atoms with van der Waals surface area (Å²) in [6.45, 7) is 0.274. The Kier molecular flexibility index (Phi) is 6.10. The summed E-state index contributed by atoms with van der Waals surface area (Å²) in [5, 5.41) is 12.7. The van der Waals surface area contributed by atoms with E-state index in [2.05, 4.69) is 5.32 Å². The van der Waals surface area contributed by atoms with Gasteiger partial charge in [-0.15, -0.1) is 0 Å². The highest BCUT2D eigenvalue weighted by molar-refractivity contribution is 6.30. The Labute approximate surface area is 138 Å². The second-order valence-corrected chi connectivity index (χ2v) is 5.40. The van der Waals surface area contributed by atoms with Crippen LogP contribution in [0, 0.1) is 5.82 Å². The molecule has 0 radical (unpaired) electrons. The van der Waals surface area contributed by atoms with Gasteiger partial charge < -0.3 is 15.2 Å². The van der Waals surface area contributed by atoms with Crippen molar-refractivity contribution in [1.82, 2.24) is 5.32 Å². The molecule has 6 heteroatoms. The van der Waals surface area contributed by atoms with Gasteiger partial charge in [-0.1, -0.05) is 35.9 Å². The maximum absolute atomic E-state index is 13.4. The summed E-state index contributed by atoms with van der Waals surface area (Å²) in [5.41, 5.74) is 1.57. The second kappa shape index (κ2) is 8.06. The quantitative estimate of drug-likeness (QED) is 0.851. The number of hydrogen-bond donors (Lipinski definition) is 2. The predicted molar refractivity (Wildman–Crippen MR) is 85.9 cm³/mol. The molecule has 0 aromatic heterocycles. The summed E-state index contributed by atoms with van der Waals surface area (Å²) in [6.07, 6.45) is -1.03. The van der Waals surface area contributed by atoms with E-state index in [4.69, 9.17) is 16.3 Å². The van der Waals surface area contributed by atoms with Crippen molar-refractivity contribution in [2.24, 2.45) is 0 Å². The number of aliphatic hydroxyl groups excluding tert-OH is 1. The van der Waals surface area contributed by atoms with Crippen molar-refractivity contribution < 1.29 is 19.0 Å². The zero-order chi connectivity index (χ0) is 16.8. The van der Waals surface area contributed by atoms with Gasteiger partial charge in [-0.3, -0.25) is 4.79 Å². The van der Waals surface area contributed by atoms with Crippen LogP contribution >= 0.6 is 11.6 Å². The fourth-order valence-corrected chi connectivity index (χ4v) is 2.26. The normalized spacial score (nSPS) is 12.0. The first-order valence-electron chi connectivity index (χ1n) is 7.01. The van der Waals surface area contributed by atoms with E-state index in [-0.39, 0.29) is 17.5 Å². The summed E-state index contributed by atoms with van der Waals surface area (Å²) in [5.74, 6) is -0.939. The molecule has 0 spiro atoms. The minimum atomic E-state index is -1.03. The molecule has 23 heavy (non-hydrogen) atoms. The molecular weight excluding hydrogens is 321 g/mol. The van der Waals surface area contributed by atoms with Gasteiger partial charge >= 0.3 is 0 Å². The largest absolute Gasteiger partial charge is 0.387 e. The van der Waals surface area contributed by atoms with Gasteiger partial charge in [0, 0.05) is 19.2 Å². The van der Waals surface area contributed by atoms with Gasteiger partial charge in [-0.2, -0.15) is 0 Å². The molecule has 2 rings (SSSR count). The van der Waals surface area contributed by atoms with Crippen LogP contribution in [0.4, 0.5) is 4.39 Å². The Morgan fingerprint density at radius 2 is 2.09 bits per heavy atom. The van der Waals surface area contributed by atoms with Crippen molar-refractivity contribution in [3.63, 3.8) is 0 Å². The molecule has 122 valence electrons. The van der Waals surface area contributed by atoms with Crippen LogP contribution < -0.4 is 5.32 Å². The van der Waals surface area contributed by atoms with Crippen LogP contribution in [0.25, 0.3) is 0 Å². The maximum atomic E-state index is 13.4. The Morgan fingerprint density at radius 1 is 1.35 bits per heavy atom. The maximum Gasteiger partial charge on any atom is 0.251 e. The van der Waals surface area contributed by atoms with Gasteiger partial charge in [0.1, 0.15) is 5.82 Å². The number of halogens is 2. The van der Waals surface area contributed by atoms with Crippen LogP contribution in [-0.4, -0.2) is 24.7 Å².